The summed E-state index contributed by atoms with van der Waals surface area (Å²) >= 11 is 0. The highest BCUT2D eigenvalue weighted by atomic mass is 16.5. The standard InChI is InChI=1S/C19H27N5O3/c1-4-13(2)16(17(25)20-9-12-27-3)22-19(26)24-11-10-23-15-8-6-5-7-14(15)21-18(23)24/h5-8,13,16H,4,9-12H2,1-3H3,(H,20,25)(H,22,26)/t13-,16+/m0/s1. The average Bonchev–Trinajstić information content (AvgIpc) is 3.24. The van der Waals surface area contributed by atoms with Crippen molar-refractivity contribution in [3.05, 3.63) is 24.3 Å². The maximum Gasteiger partial charge on any atom is 0.324 e. The van der Waals surface area contributed by atoms with E-state index < -0.39 is 6.04 Å². The number of para-hydroxylation sites is 2. The summed E-state index contributed by atoms with van der Waals surface area (Å²) < 4.78 is 7.00. The summed E-state index contributed by atoms with van der Waals surface area (Å²) in [5, 5.41) is 5.72. The van der Waals surface area contributed by atoms with E-state index in [0.29, 0.717) is 32.2 Å². The lowest BCUT2D eigenvalue weighted by Crippen LogP contribution is -2.54. The van der Waals surface area contributed by atoms with E-state index in [4.69, 9.17) is 4.74 Å². The molecule has 1 aliphatic heterocycles. The largest absolute Gasteiger partial charge is 0.383 e. The van der Waals surface area contributed by atoms with Crippen molar-refractivity contribution in [1.29, 1.82) is 0 Å². The summed E-state index contributed by atoms with van der Waals surface area (Å²) in [7, 11) is 1.58. The first-order valence-electron chi connectivity index (χ1n) is 9.36. The van der Waals surface area contributed by atoms with Crippen LogP contribution in [0.4, 0.5) is 10.7 Å². The van der Waals surface area contributed by atoms with Crippen LogP contribution in [0.2, 0.25) is 0 Å². The first-order valence-corrected chi connectivity index (χ1v) is 9.36. The van der Waals surface area contributed by atoms with Crippen molar-refractivity contribution in [2.75, 3.05) is 31.7 Å². The molecule has 146 valence electrons. The van der Waals surface area contributed by atoms with Crippen LogP contribution in [0.15, 0.2) is 24.3 Å². The van der Waals surface area contributed by atoms with Crippen molar-refractivity contribution >= 4 is 28.9 Å². The fourth-order valence-corrected chi connectivity index (χ4v) is 3.28. The molecule has 1 aromatic carbocycles. The van der Waals surface area contributed by atoms with Crippen molar-refractivity contribution in [2.45, 2.75) is 32.9 Å². The van der Waals surface area contributed by atoms with E-state index in [1.807, 2.05) is 42.7 Å². The van der Waals surface area contributed by atoms with E-state index in [1.165, 1.54) is 0 Å². The van der Waals surface area contributed by atoms with E-state index in [9.17, 15) is 9.59 Å². The van der Waals surface area contributed by atoms with Gasteiger partial charge in [-0.1, -0.05) is 32.4 Å². The summed E-state index contributed by atoms with van der Waals surface area (Å²) in [6.45, 7) is 6.04. The third kappa shape index (κ3) is 3.90. The molecular weight excluding hydrogens is 346 g/mol. The minimum absolute atomic E-state index is 0.0120. The van der Waals surface area contributed by atoms with Gasteiger partial charge in [-0.2, -0.15) is 0 Å². The van der Waals surface area contributed by atoms with Crippen molar-refractivity contribution in [3.63, 3.8) is 0 Å². The maximum absolute atomic E-state index is 12.9. The molecule has 0 aliphatic carbocycles. The lowest BCUT2D eigenvalue weighted by Gasteiger charge is -2.25. The Morgan fingerprint density at radius 3 is 2.81 bits per heavy atom. The van der Waals surface area contributed by atoms with Crippen LogP contribution >= 0.6 is 0 Å². The van der Waals surface area contributed by atoms with E-state index in [0.717, 1.165) is 17.5 Å². The minimum Gasteiger partial charge on any atom is -0.383 e. The molecule has 1 aromatic heterocycles. The zero-order chi connectivity index (χ0) is 19.4. The molecule has 2 N–H and O–H groups in total. The van der Waals surface area contributed by atoms with Gasteiger partial charge in [-0.3, -0.25) is 9.69 Å². The van der Waals surface area contributed by atoms with Gasteiger partial charge >= 0.3 is 6.03 Å². The lowest BCUT2D eigenvalue weighted by molar-refractivity contribution is -0.124. The van der Waals surface area contributed by atoms with Crippen molar-refractivity contribution < 1.29 is 14.3 Å². The molecular formula is C19H27N5O3. The van der Waals surface area contributed by atoms with Gasteiger partial charge in [0.15, 0.2) is 0 Å². The fraction of sp³-hybridized carbons (Fsp3) is 0.526. The Labute approximate surface area is 158 Å². The van der Waals surface area contributed by atoms with Gasteiger partial charge in [-0.05, 0) is 18.1 Å². The zero-order valence-corrected chi connectivity index (χ0v) is 16.1. The predicted octanol–water partition coefficient (Wildman–Crippen LogP) is 1.74. The van der Waals surface area contributed by atoms with Crippen LogP contribution in [-0.4, -0.2) is 54.3 Å². The molecule has 8 nitrogen and oxygen atoms in total. The number of carbonyl (C=O) groups is 2. The Hall–Kier alpha value is -2.61. The van der Waals surface area contributed by atoms with E-state index in [1.54, 1.807) is 12.0 Å². The number of amides is 3. The highest BCUT2D eigenvalue weighted by Crippen LogP contribution is 2.27. The smallest absolute Gasteiger partial charge is 0.324 e. The van der Waals surface area contributed by atoms with E-state index in [-0.39, 0.29) is 17.9 Å². The topological polar surface area (TPSA) is 88.5 Å². The number of fused-ring (bicyclic) bond motifs is 3. The number of nitrogens with zero attached hydrogens (tertiary/aromatic N) is 3. The maximum atomic E-state index is 12.9. The van der Waals surface area contributed by atoms with Crippen molar-refractivity contribution in [3.8, 4) is 0 Å². The molecule has 0 fully saturated rings. The Bertz CT molecular complexity index is 819. The number of imidazole rings is 1. The molecule has 0 bridgehead atoms. The Morgan fingerprint density at radius 2 is 2.07 bits per heavy atom. The van der Waals surface area contributed by atoms with Gasteiger partial charge in [-0.25, -0.2) is 9.78 Å². The van der Waals surface area contributed by atoms with Gasteiger partial charge in [0.25, 0.3) is 0 Å². The summed E-state index contributed by atoms with van der Waals surface area (Å²) in [6, 6.07) is 6.93. The second-order valence-corrected chi connectivity index (χ2v) is 6.80. The monoisotopic (exact) mass is 373 g/mol. The molecule has 0 saturated carbocycles. The lowest BCUT2D eigenvalue weighted by atomic mass is 9.98. The van der Waals surface area contributed by atoms with Crippen molar-refractivity contribution in [1.82, 2.24) is 20.2 Å². The fourth-order valence-electron chi connectivity index (χ4n) is 3.28. The van der Waals surface area contributed by atoms with Crippen LogP contribution in [0.1, 0.15) is 20.3 Å². The molecule has 8 heteroatoms. The van der Waals surface area contributed by atoms with E-state index in [2.05, 4.69) is 15.6 Å². The molecule has 0 radical (unpaired) electrons. The molecule has 3 rings (SSSR count). The number of rotatable bonds is 7. The van der Waals surface area contributed by atoms with Gasteiger partial charge in [0.1, 0.15) is 6.04 Å². The van der Waals surface area contributed by atoms with Crippen LogP contribution in [0, 0.1) is 5.92 Å². The van der Waals surface area contributed by atoms with Crippen molar-refractivity contribution in [2.24, 2.45) is 5.92 Å². The number of urea groups is 1. The predicted molar refractivity (Wildman–Crippen MR) is 104 cm³/mol. The minimum atomic E-state index is -0.599. The van der Waals surface area contributed by atoms with Crippen LogP contribution in [0.3, 0.4) is 0 Å². The van der Waals surface area contributed by atoms with Crippen LogP contribution in [0.25, 0.3) is 11.0 Å². The zero-order valence-electron chi connectivity index (χ0n) is 16.1. The third-order valence-corrected chi connectivity index (χ3v) is 5.05. The van der Waals surface area contributed by atoms with Gasteiger partial charge in [0.2, 0.25) is 11.9 Å². The number of benzene rings is 1. The molecule has 1 aliphatic rings. The molecule has 27 heavy (non-hydrogen) atoms. The Kier molecular flexibility index (Phi) is 5.95. The molecule has 2 heterocycles. The SMILES string of the molecule is CC[C@H](C)[C@@H](NC(=O)N1CCn2c1nc1ccccc12)C(=O)NCCOC. The number of methoxy groups -OCH3 is 1. The first-order chi connectivity index (χ1) is 13.1. The highest BCUT2D eigenvalue weighted by molar-refractivity contribution is 5.96. The highest BCUT2D eigenvalue weighted by Gasteiger charge is 2.32. The summed E-state index contributed by atoms with van der Waals surface area (Å²) in [6.07, 6.45) is 0.779. The normalized spacial score (nSPS) is 15.4. The number of anilines is 1. The second-order valence-electron chi connectivity index (χ2n) is 6.80. The summed E-state index contributed by atoms with van der Waals surface area (Å²) in [5.74, 6) is 0.441. The quantitative estimate of drug-likeness (QED) is 0.724. The van der Waals surface area contributed by atoms with Gasteiger partial charge in [0.05, 0.1) is 17.6 Å². The number of carbonyl (C=O) groups excluding carboxylic acids is 2. The van der Waals surface area contributed by atoms with Gasteiger partial charge in [0, 0.05) is 26.7 Å². The number of hydrogen-bond donors (Lipinski definition) is 2. The van der Waals surface area contributed by atoms with Gasteiger partial charge < -0.3 is 19.9 Å². The molecule has 0 unspecified atom stereocenters. The number of hydrogen-bond acceptors (Lipinski definition) is 4. The Morgan fingerprint density at radius 1 is 1.30 bits per heavy atom. The third-order valence-electron chi connectivity index (χ3n) is 5.05. The van der Waals surface area contributed by atoms with Crippen LogP contribution in [-0.2, 0) is 16.1 Å². The number of nitrogens with one attached hydrogen (secondary N) is 2. The van der Waals surface area contributed by atoms with Crippen LogP contribution in [0.5, 0.6) is 0 Å². The second kappa shape index (κ2) is 8.39. The van der Waals surface area contributed by atoms with Gasteiger partial charge in [-0.15, -0.1) is 0 Å². The van der Waals surface area contributed by atoms with E-state index >= 15 is 0 Å². The Balaban J connectivity index is 1.74. The molecule has 2 atom stereocenters. The van der Waals surface area contributed by atoms with Crippen LogP contribution < -0.4 is 15.5 Å². The number of aromatic nitrogens is 2. The number of ether oxygens (including phenoxy) is 1. The molecule has 0 spiro atoms. The first kappa shape index (κ1) is 19.2. The summed E-state index contributed by atoms with van der Waals surface area (Å²) in [4.78, 5) is 31.6. The summed E-state index contributed by atoms with van der Waals surface area (Å²) in [5.41, 5.74) is 1.87. The molecule has 0 saturated heterocycles. The average molecular weight is 373 g/mol. The molecule has 3 amide bonds. The molecule has 2 aromatic rings.